The molecule has 1 amide bonds. The number of rotatable bonds is 4. The van der Waals surface area contributed by atoms with Crippen molar-refractivity contribution in [2.45, 2.75) is 32.7 Å². The number of carbonyl (C=O) groups is 1. The van der Waals surface area contributed by atoms with Crippen LogP contribution in [0.15, 0.2) is 30.3 Å². The third-order valence-corrected chi connectivity index (χ3v) is 4.48. The second-order valence-corrected chi connectivity index (χ2v) is 6.42. The van der Waals surface area contributed by atoms with Crippen molar-refractivity contribution in [1.82, 2.24) is 14.9 Å². The summed E-state index contributed by atoms with van der Waals surface area (Å²) in [6.07, 6.45) is 3.32. The van der Waals surface area contributed by atoms with E-state index >= 15 is 0 Å². The number of hydrogen-bond donors (Lipinski definition) is 1. The van der Waals surface area contributed by atoms with Crippen molar-refractivity contribution in [3.05, 3.63) is 52.3 Å². The van der Waals surface area contributed by atoms with Crippen LogP contribution in [-0.4, -0.2) is 33.9 Å². The molecule has 6 heteroatoms. The molecule has 0 unspecified atom stereocenters. The van der Waals surface area contributed by atoms with Gasteiger partial charge in [0.1, 0.15) is 5.69 Å². The van der Waals surface area contributed by atoms with E-state index in [2.05, 4.69) is 15.3 Å². The second-order valence-electron chi connectivity index (χ2n) is 6.02. The Balaban J connectivity index is 1.73. The molecule has 1 fully saturated rings. The first-order valence-electron chi connectivity index (χ1n) is 8.26. The van der Waals surface area contributed by atoms with E-state index < -0.39 is 0 Å². The van der Waals surface area contributed by atoms with Gasteiger partial charge in [0.2, 0.25) is 5.95 Å². The van der Waals surface area contributed by atoms with Crippen LogP contribution < -0.4 is 5.32 Å². The summed E-state index contributed by atoms with van der Waals surface area (Å²) >= 11 is 6.16. The first-order chi connectivity index (χ1) is 11.6. The van der Waals surface area contributed by atoms with E-state index in [-0.39, 0.29) is 5.91 Å². The van der Waals surface area contributed by atoms with Crippen molar-refractivity contribution in [3.63, 3.8) is 0 Å². The van der Waals surface area contributed by atoms with Crippen LogP contribution in [0.3, 0.4) is 0 Å². The number of nitrogens with one attached hydrogen (secondary N) is 1. The number of aromatic nitrogens is 2. The van der Waals surface area contributed by atoms with Crippen molar-refractivity contribution >= 4 is 23.5 Å². The van der Waals surface area contributed by atoms with E-state index in [1.165, 1.54) is 6.42 Å². The van der Waals surface area contributed by atoms with Gasteiger partial charge in [-0.2, -0.15) is 0 Å². The highest BCUT2D eigenvalue weighted by Gasteiger charge is 2.20. The molecule has 1 N–H and O–H groups in total. The third-order valence-electron chi connectivity index (χ3n) is 4.11. The maximum atomic E-state index is 12.6. The molecule has 0 bridgehead atoms. The molecule has 2 heterocycles. The van der Waals surface area contributed by atoms with Crippen LogP contribution in [0.25, 0.3) is 0 Å². The molecule has 0 atom stereocenters. The number of benzene rings is 1. The molecule has 1 aliphatic heterocycles. The summed E-state index contributed by atoms with van der Waals surface area (Å²) in [5, 5.41) is 3.86. The number of anilines is 1. The number of nitrogens with zero attached hydrogens (tertiary/aromatic N) is 3. The van der Waals surface area contributed by atoms with Gasteiger partial charge in [-0.1, -0.05) is 29.8 Å². The molecule has 1 aliphatic rings. The molecule has 1 saturated heterocycles. The number of carbonyl (C=O) groups excluding carboxylic acids is 1. The Morgan fingerprint density at radius 3 is 2.71 bits per heavy atom. The van der Waals surface area contributed by atoms with Crippen LogP contribution in [0.2, 0.25) is 5.02 Å². The molecular weight excluding hydrogens is 324 g/mol. The Labute approximate surface area is 147 Å². The highest BCUT2D eigenvalue weighted by atomic mass is 35.5. The summed E-state index contributed by atoms with van der Waals surface area (Å²) in [7, 11) is 0. The fourth-order valence-corrected chi connectivity index (χ4v) is 3.03. The predicted octanol–water partition coefficient (Wildman–Crippen LogP) is 3.68. The van der Waals surface area contributed by atoms with E-state index in [1.807, 2.05) is 36.1 Å². The quantitative estimate of drug-likeness (QED) is 0.919. The lowest BCUT2D eigenvalue weighted by atomic mass is 10.1. The molecule has 0 radical (unpaired) electrons. The van der Waals surface area contributed by atoms with Gasteiger partial charge >= 0.3 is 0 Å². The molecule has 1 aromatic carbocycles. The molecule has 0 saturated carbocycles. The minimum atomic E-state index is -0.0130. The van der Waals surface area contributed by atoms with Crippen molar-refractivity contribution < 1.29 is 4.79 Å². The number of hydrogen-bond acceptors (Lipinski definition) is 4. The first kappa shape index (κ1) is 16.7. The largest absolute Gasteiger partial charge is 0.350 e. The standard InChI is InChI=1S/C18H21ClN4O/c1-13-11-16(17(24)23-9-5-2-6-10-23)22-18(21-13)20-12-14-7-3-4-8-15(14)19/h3-4,7-8,11H,2,5-6,9-10,12H2,1H3,(H,20,21,22). The molecule has 1 aromatic heterocycles. The lowest BCUT2D eigenvalue weighted by molar-refractivity contribution is 0.0718. The lowest BCUT2D eigenvalue weighted by Crippen LogP contribution is -2.36. The average Bonchev–Trinajstić information content (AvgIpc) is 2.61. The van der Waals surface area contributed by atoms with Gasteiger partial charge in [0.25, 0.3) is 5.91 Å². The summed E-state index contributed by atoms with van der Waals surface area (Å²) in [4.78, 5) is 23.3. The van der Waals surface area contributed by atoms with Gasteiger partial charge in [-0.25, -0.2) is 9.97 Å². The Hall–Kier alpha value is -2.14. The van der Waals surface area contributed by atoms with Gasteiger partial charge in [0.15, 0.2) is 0 Å². The summed E-state index contributed by atoms with van der Waals surface area (Å²) < 4.78 is 0. The molecule has 24 heavy (non-hydrogen) atoms. The van der Waals surface area contributed by atoms with Crippen LogP contribution in [0.1, 0.15) is 41.0 Å². The van der Waals surface area contributed by atoms with E-state index in [0.717, 1.165) is 37.2 Å². The molecule has 5 nitrogen and oxygen atoms in total. The maximum absolute atomic E-state index is 12.6. The first-order valence-corrected chi connectivity index (χ1v) is 8.63. The summed E-state index contributed by atoms with van der Waals surface area (Å²) in [5.41, 5.74) is 2.19. The Morgan fingerprint density at radius 1 is 1.21 bits per heavy atom. The number of piperidine rings is 1. The fourth-order valence-electron chi connectivity index (χ4n) is 2.83. The van der Waals surface area contributed by atoms with E-state index in [0.29, 0.717) is 23.2 Å². The minimum Gasteiger partial charge on any atom is -0.350 e. The number of aryl methyl sites for hydroxylation is 1. The van der Waals surface area contributed by atoms with Crippen LogP contribution in [-0.2, 0) is 6.54 Å². The Kier molecular flexibility index (Phi) is 5.30. The third kappa shape index (κ3) is 4.03. The zero-order valence-corrected chi connectivity index (χ0v) is 14.5. The highest BCUT2D eigenvalue weighted by Crippen LogP contribution is 2.17. The molecule has 2 aromatic rings. The van der Waals surface area contributed by atoms with Crippen molar-refractivity contribution in [2.24, 2.45) is 0 Å². The molecule has 126 valence electrons. The smallest absolute Gasteiger partial charge is 0.272 e. The van der Waals surface area contributed by atoms with Crippen LogP contribution in [0.5, 0.6) is 0 Å². The number of likely N-dealkylation sites (tertiary alicyclic amines) is 1. The Morgan fingerprint density at radius 2 is 1.96 bits per heavy atom. The van der Waals surface area contributed by atoms with E-state index in [9.17, 15) is 4.79 Å². The predicted molar refractivity (Wildman–Crippen MR) is 95.3 cm³/mol. The second kappa shape index (κ2) is 7.62. The molecule has 3 rings (SSSR count). The van der Waals surface area contributed by atoms with Crippen LogP contribution in [0.4, 0.5) is 5.95 Å². The average molecular weight is 345 g/mol. The monoisotopic (exact) mass is 344 g/mol. The van der Waals surface area contributed by atoms with Gasteiger partial charge in [-0.15, -0.1) is 0 Å². The number of halogens is 1. The van der Waals surface area contributed by atoms with Crippen molar-refractivity contribution in [3.8, 4) is 0 Å². The minimum absolute atomic E-state index is 0.0130. The van der Waals surface area contributed by atoms with Gasteiger partial charge in [0, 0.05) is 30.4 Å². The van der Waals surface area contributed by atoms with Crippen molar-refractivity contribution in [1.29, 1.82) is 0 Å². The van der Waals surface area contributed by atoms with Gasteiger partial charge in [0.05, 0.1) is 0 Å². The van der Waals surface area contributed by atoms with E-state index in [1.54, 1.807) is 6.07 Å². The zero-order valence-electron chi connectivity index (χ0n) is 13.8. The van der Waals surface area contributed by atoms with E-state index in [4.69, 9.17) is 11.6 Å². The topological polar surface area (TPSA) is 58.1 Å². The van der Waals surface area contributed by atoms with Gasteiger partial charge < -0.3 is 10.2 Å². The Bertz CT molecular complexity index is 729. The van der Waals surface area contributed by atoms with Crippen molar-refractivity contribution in [2.75, 3.05) is 18.4 Å². The zero-order chi connectivity index (χ0) is 16.9. The normalized spacial score (nSPS) is 14.5. The number of amides is 1. The summed E-state index contributed by atoms with van der Waals surface area (Å²) in [6.45, 7) is 4.00. The summed E-state index contributed by atoms with van der Waals surface area (Å²) in [6, 6.07) is 9.37. The summed E-state index contributed by atoms with van der Waals surface area (Å²) in [5.74, 6) is 0.441. The van der Waals surface area contributed by atoms with Crippen LogP contribution in [0, 0.1) is 6.92 Å². The molecular formula is C18H21ClN4O. The van der Waals surface area contributed by atoms with Gasteiger partial charge in [-0.05, 0) is 43.9 Å². The SMILES string of the molecule is Cc1cc(C(=O)N2CCCCC2)nc(NCc2ccccc2Cl)n1. The molecule has 0 aliphatic carbocycles. The van der Waals surface area contributed by atoms with Crippen LogP contribution >= 0.6 is 11.6 Å². The lowest BCUT2D eigenvalue weighted by Gasteiger charge is -2.26. The molecule has 0 spiro atoms. The maximum Gasteiger partial charge on any atom is 0.272 e. The fraction of sp³-hybridized carbons (Fsp3) is 0.389. The highest BCUT2D eigenvalue weighted by molar-refractivity contribution is 6.31. The van der Waals surface area contributed by atoms with Gasteiger partial charge in [-0.3, -0.25) is 4.79 Å².